The van der Waals surface area contributed by atoms with E-state index in [2.05, 4.69) is 4.72 Å². The first-order valence-electron chi connectivity index (χ1n) is 5.91. The summed E-state index contributed by atoms with van der Waals surface area (Å²) in [5.74, 6) is 0. The molecule has 0 aliphatic carbocycles. The summed E-state index contributed by atoms with van der Waals surface area (Å²) in [6.45, 7) is 2.27. The summed E-state index contributed by atoms with van der Waals surface area (Å²) in [5, 5.41) is 0.339. The van der Waals surface area contributed by atoms with Crippen molar-refractivity contribution < 1.29 is 8.42 Å². The van der Waals surface area contributed by atoms with Crippen LogP contribution in [0.2, 0.25) is 5.02 Å². The molecule has 0 saturated carbocycles. The predicted molar refractivity (Wildman–Crippen MR) is 78.6 cm³/mol. The molecule has 2 aromatic rings. The molecule has 0 amide bonds. The minimum Gasteiger partial charge on any atom is -0.314 e. The topological polar surface area (TPSA) is 68.2 Å². The molecule has 0 aliphatic rings. The van der Waals surface area contributed by atoms with Crippen molar-refractivity contribution >= 4 is 27.3 Å². The number of aryl methyl sites for hydroxylation is 1. The van der Waals surface area contributed by atoms with E-state index in [4.69, 9.17) is 11.6 Å². The van der Waals surface area contributed by atoms with Crippen LogP contribution in [0.5, 0.6) is 0 Å². The van der Waals surface area contributed by atoms with Crippen LogP contribution in [0.3, 0.4) is 0 Å². The number of nitrogens with zero attached hydrogens (tertiary/aromatic N) is 1. The number of benzene rings is 1. The highest BCUT2D eigenvalue weighted by molar-refractivity contribution is 7.92. The maximum atomic E-state index is 12.2. The van der Waals surface area contributed by atoms with Crippen molar-refractivity contribution in [1.82, 2.24) is 4.57 Å². The van der Waals surface area contributed by atoms with Crippen LogP contribution in [0.25, 0.3) is 0 Å². The highest BCUT2D eigenvalue weighted by Crippen LogP contribution is 2.18. The molecule has 0 bridgehead atoms. The van der Waals surface area contributed by atoms with Crippen LogP contribution in [0.1, 0.15) is 6.92 Å². The van der Waals surface area contributed by atoms with E-state index < -0.39 is 10.0 Å². The van der Waals surface area contributed by atoms with Gasteiger partial charge in [-0.3, -0.25) is 9.52 Å². The summed E-state index contributed by atoms with van der Waals surface area (Å²) in [7, 11) is -3.72. The molecule has 0 saturated heterocycles. The number of halogens is 1. The van der Waals surface area contributed by atoms with Gasteiger partial charge in [-0.2, -0.15) is 0 Å². The van der Waals surface area contributed by atoms with Crippen LogP contribution in [-0.4, -0.2) is 13.0 Å². The Labute approximate surface area is 121 Å². The zero-order valence-corrected chi connectivity index (χ0v) is 12.3. The van der Waals surface area contributed by atoms with Gasteiger partial charge < -0.3 is 4.57 Å². The third kappa shape index (κ3) is 3.20. The Morgan fingerprint density at radius 2 is 2.00 bits per heavy atom. The van der Waals surface area contributed by atoms with Gasteiger partial charge in [0.15, 0.2) is 0 Å². The largest absolute Gasteiger partial charge is 0.314 e. The van der Waals surface area contributed by atoms with Gasteiger partial charge in [0.1, 0.15) is 0 Å². The second kappa shape index (κ2) is 5.68. The van der Waals surface area contributed by atoms with Crippen LogP contribution < -0.4 is 10.3 Å². The molecule has 0 unspecified atom stereocenters. The number of sulfonamides is 1. The Morgan fingerprint density at radius 1 is 1.25 bits per heavy atom. The Balaban J connectivity index is 2.36. The lowest BCUT2D eigenvalue weighted by atomic mass is 10.4. The van der Waals surface area contributed by atoms with Crippen molar-refractivity contribution in [2.24, 2.45) is 0 Å². The monoisotopic (exact) mass is 312 g/mol. The van der Waals surface area contributed by atoms with Crippen LogP contribution in [-0.2, 0) is 16.6 Å². The first-order chi connectivity index (χ1) is 9.42. The van der Waals surface area contributed by atoms with E-state index in [1.54, 1.807) is 19.1 Å². The zero-order valence-electron chi connectivity index (χ0n) is 10.7. The number of nitrogens with one attached hydrogen (secondary N) is 1. The zero-order chi connectivity index (χ0) is 14.8. The summed E-state index contributed by atoms with van der Waals surface area (Å²) in [6.07, 6.45) is 1.46. The third-order valence-electron chi connectivity index (χ3n) is 2.68. The maximum absolute atomic E-state index is 12.2. The fourth-order valence-corrected chi connectivity index (χ4v) is 3.03. The maximum Gasteiger partial charge on any atom is 0.261 e. The molecule has 1 N–H and O–H groups in total. The lowest BCUT2D eigenvalue weighted by molar-refractivity contribution is 0.601. The number of pyridine rings is 1. The van der Waals surface area contributed by atoms with Crippen molar-refractivity contribution in [2.75, 3.05) is 4.72 Å². The Hall–Kier alpha value is -1.79. The first kappa shape index (κ1) is 14.6. The molecule has 7 heteroatoms. The molecule has 0 radical (unpaired) electrons. The molecule has 0 aliphatic heterocycles. The highest BCUT2D eigenvalue weighted by atomic mass is 35.5. The van der Waals surface area contributed by atoms with Crippen LogP contribution in [0.4, 0.5) is 5.69 Å². The SMILES string of the molecule is CCn1cc(NS(=O)(=O)c2cccc(Cl)c2)ccc1=O. The van der Waals surface area contributed by atoms with Crippen LogP contribution in [0, 0.1) is 0 Å². The molecule has 0 atom stereocenters. The van der Waals surface area contributed by atoms with Crippen molar-refractivity contribution in [3.8, 4) is 0 Å². The molecular weight excluding hydrogens is 300 g/mol. The molecule has 2 rings (SSSR count). The lowest BCUT2D eigenvalue weighted by Gasteiger charge is -2.10. The third-order valence-corrected chi connectivity index (χ3v) is 4.30. The molecular formula is C13H13ClN2O3S. The summed E-state index contributed by atoms with van der Waals surface area (Å²) in [4.78, 5) is 11.5. The van der Waals surface area contributed by atoms with Gasteiger partial charge in [-0.15, -0.1) is 0 Å². The van der Waals surface area contributed by atoms with Crippen LogP contribution >= 0.6 is 11.6 Å². The van der Waals surface area contributed by atoms with E-state index in [1.165, 1.54) is 35.0 Å². The second-order valence-electron chi connectivity index (χ2n) is 4.10. The highest BCUT2D eigenvalue weighted by Gasteiger charge is 2.14. The molecule has 5 nitrogen and oxygen atoms in total. The van der Waals surface area contributed by atoms with Gasteiger partial charge in [0.05, 0.1) is 10.6 Å². The molecule has 106 valence electrons. The summed E-state index contributed by atoms with van der Waals surface area (Å²) >= 11 is 5.78. The van der Waals surface area contributed by atoms with Gasteiger partial charge in [-0.25, -0.2) is 8.42 Å². The number of hydrogen-bond acceptors (Lipinski definition) is 3. The Morgan fingerprint density at radius 3 is 2.65 bits per heavy atom. The normalized spacial score (nSPS) is 11.3. The fraction of sp³-hybridized carbons (Fsp3) is 0.154. The van der Waals surface area contributed by atoms with E-state index in [9.17, 15) is 13.2 Å². The molecule has 0 fully saturated rings. The smallest absolute Gasteiger partial charge is 0.261 e. The number of aromatic nitrogens is 1. The molecule has 1 aromatic heterocycles. The minimum atomic E-state index is -3.72. The standard InChI is InChI=1S/C13H13ClN2O3S/c1-2-16-9-11(6-7-13(16)17)15-20(18,19)12-5-3-4-10(14)8-12/h3-9,15H,2H2,1H3. The molecule has 1 aromatic carbocycles. The van der Waals surface area contributed by atoms with E-state index in [0.717, 1.165) is 0 Å². The summed E-state index contributed by atoms with van der Waals surface area (Å²) in [5.41, 5.74) is 0.143. The van der Waals surface area contributed by atoms with E-state index in [-0.39, 0.29) is 10.5 Å². The quantitative estimate of drug-likeness (QED) is 0.942. The lowest BCUT2D eigenvalue weighted by Crippen LogP contribution is -2.20. The minimum absolute atomic E-state index is 0.0687. The van der Waals surface area contributed by atoms with Crippen molar-refractivity contribution in [3.05, 3.63) is 58.0 Å². The Bertz CT molecular complexity index is 784. The average Bonchev–Trinajstić information content (AvgIpc) is 2.40. The molecule has 20 heavy (non-hydrogen) atoms. The average molecular weight is 313 g/mol. The van der Waals surface area contributed by atoms with E-state index >= 15 is 0 Å². The summed E-state index contributed by atoms with van der Waals surface area (Å²) in [6, 6.07) is 8.71. The second-order valence-corrected chi connectivity index (χ2v) is 6.22. The fourth-order valence-electron chi connectivity index (χ4n) is 1.69. The van der Waals surface area contributed by atoms with Gasteiger partial charge in [0.25, 0.3) is 15.6 Å². The van der Waals surface area contributed by atoms with Gasteiger partial charge >= 0.3 is 0 Å². The molecule has 0 spiro atoms. The van der Waals surface area contributed by atoms with Gasteiger partial charge in [0, 0.05) is 23.8 Å². The number of rotatable bonds is 4. The predicted octanol–water partition coefficient (Wildman–Crippen LogP) is 2.32. The summed E-state index contributed by atoms with van der Waals surface area (Å²) < 4.78 is 28.2. The van der Waals surface area contributed by atoms with E-state index in [1.807, 2.05) is 0 Å². The van der Waals surface area contributed by atoms with Gasteiger partial charge in [-0.05, 0) is 31.2 Å². The van der Waals surface area contributed by atoms with Crippen molar-refractivity contribution in [2.45, 2.75) is 18.4 Å². The number of hydrogen-bond donors (Lipinski definition) is 1. The van der Waals surface area contributed by atoms with Crippen LogP contribution in [0.15, 0.2) is 52.3 Å². The first-order valence-corrected chi connectivity index (χ1v) is 7.77. The number of anilines is 1. The van der Waals surface area contributed by atoms with Crippen molar-refractivity contribution in [1.29, 1.82) is 0 Å². The Kier molecular flexibility index (Phi) is 4.15. The van der Waals surface area contributed by atoms with Gasteiger partial charge in [0.2, 0.25) is 0 Å². The van der Waals surface area contributed by atoms with E-state index in [0.29, 0.717) is 17.3 Å². The van der Waals surface area contributed by atoms with Gasteiger partial charge in [-0.1, -0.05) is 17.7 Å². The van der Waals surface area contributed by atoms with Crippen molar-refractivity contribution in [3.63, 3.8) is 0 Å². The molecule has 1 heterocycles.